The first-order valence-electron chi connectivity index (χ1n) is 4.66. The smallest absolute Gasteiger partial charge is 0.363 e. The van der Waals surface area contributed by atoms with Crippen molar-refractivity contribution in [1.82, 2.24) is 4.98 Å². The first kappa shape index (κ1) is 12.8. The van der Waals surface area contributed by atoms with Crippen LogP contribution in [0.15, 0.2) is 18.3 Å². The highest BCUT2D eigenvalue weighted by Gasteiger charge is 2.27. The van der Waals surface area contributed by atoms with E-state index < -0.39 is 22.6 Å². The van der Waals surface area contributed by atoms with Crippen molar-refractivity contribution >= 4 is 17.6 Å². The number of carbonyl (C=O) groups excluding carboxylic acids is 2. The molecule has 0 aromatic carbocycles. The molecule has 1 atom stereocenters. The number of methoxy groups -OCH3 is 1. The number of nitrogens with zero attached hydrogens (tertiary/aromatic N) is 2. The van der Waals surface area contributed by atoms with Crippen LogP contribution in [0.1, 0.15) is 18.4 Å². The third kappa shape index (κ3) is 2.83. The van der Waals surface area contributed by atoms with E-state index in [1.54, 1.807) is 0 Å². The van der Waals surface area contributed by atoms with Crippen molar-refractivity contribution in [1.29, 1.82) is 0 Å². The number of hydrogen-bond acceptors (Lipinski definition) is 6. The maximum absolute atomic E-state index is 11.4. The second-order valence-electron chi connectivity index (χ2n) is 3.27. The Labute approximate surface area is 96.6 Å². The quantitative estimate of drug-likeness (QED) is 0.333. The van der Waals surface area contributed by atoms with Gasteiger partial charge in [0.2, 0.25) is 0 Å². The lowest BCUT2D eigenvalue weighted by atomic mass is 9.97. The summed E-state index contributed by atoms with van der Waals surface area (Å²) in [7, 11) is 1.16. The first-order valence-corrected chi connectivity index (χ1v) is 4.66. The van der Waals surface area contributed by atoms with Gasteiger partial charge in [-0.15, -0.1) is 0 Å². The average molecular weight is 238 g/mol. The Balaban J connectivity index is 3.08. The second kappa shape index (κ2) is 5.15. The Morgan fingerprint density at radius 2 is 2.12 bits per heavy atom. The molecule has 0 saturated heterocycles. The molecular formula is C10H10N2O5. The van der Waals surface area contributed by atoms with E-state index in [0.29, 0.717) is 0 Å². The summed E-state index contributed by atoms with van der Waals surface area (Å²) in [6.45, 7) is 1.24. The lowest BCUT2D eigenvalue weighted by Gasteiger charge is -2.09. The van der Waals surface area contributed by atoms with E-state index in [9.17, 15) is 19.7 Å². The number of ether oxygens (including phenoxy) is 1. The summed E-state index contributed by atoms with van der Waals surface area (Å²) in [6, 6.07) is 2.45. The molecule has 0 fully saturated rings. The van der Waals surface area contributed by atoms with Crippen LogP contribution in [-0.4, -0.2) is 28.8 Å². The van der Waals surface area contributed by atoms with Gasteiger partial charge in [-0.05, 0) is 22.9 Å². The number of esters is 1. The molecule has 17 heavy (non-hydrogen) atoms. The predicted octanol–water partition coefficient (Wildman–Crippen LogP) is 0.835. The highest BCUT2D eigenvalue weighted by Crippen LogP contribution is 2.19. The zero-order valence-electron chi connectivity index (χ0n) is 9.25. The number of nitro groups is 1. The van der Waals surface area contributed by atoms with Gasteiger partial charge in [-0.2, -0.15) is 0 Å². The van der Waals surface area contributed by atoms with Gasteiger partial charge in [0.25, 0.3) is 0 Å². The van der Waals surface area contributed by atoms with Crippen LogP contribution in [0.25, 0.3) is 0 Å². The molecule has 1 rings (SSSR count). The summed E-state index contributed by atoms with van der Waals surface area (Å²) in [5, 5.41) is 10.4. The second-order valence-corrected chi connectivity index (χ2v) is 3.27. The van der Waals surface area contributed by atoms with Crippen LogP contribution in [-0.2, 0) is 14.3 Å². The summed E-state index contributed by atoms with van der Waals surface area (Å²) >= 11 is 0. The third-order valence-corrected chi connectivity index (χ3v) is 2.13. The molecule has 7 nitrogen and oxygen atoms in total. The Morgan fingerprint density at radius 3 is 2.47 bits per heavy atom. The molecule has 1 aromatic heterocycles. The first-order chi connectivity index (χ1) is 7.97. The number of carbonyl (C=O) groups is 2. The van der Waals surface area contributed by atoms with Crippen LogP contribution in [0.5, 0.6) is 0 Å². The number of rotatable bonds is 4. The Bertz CT molecular complexity index is 454. The van der Waals surface area contributed by atoms with Crippen LogP contribution in [0.2, 0.25) is 0 Å². The van der Waals surface area contributed by atoms with Crippen molar-refractivity contribution in [2.24, 2.45) is 0 Å². The van der Waals surface area contributed by atoms with E-state index in [1.807, 2.05) is 0 Å². The van der Waals surface area contributed by atoms with Crippen molar-refractivity contribution < 1.29 is 19.2 Å². The molecule has 0 bridgehead atoms. The van der Waals surface area contributed by atoms with Gasteiger partial charge in [-0.3, -0.25) is 9.59 Å². The number of hydrogen-bond donors (Lipinski definition) is 0. The van der Waals surface area contributed by atoms with Crippen LogP contribution >= 0.6 is 0 Å². The number of pyridine rings is 1. The molecule has 1 heterocycles. The minimum atomic E-state index is -1.09. The van der Waals surface area contributed by atoms with Crippen molar-refractivity contribution in [2.75, 3.05) is 7.11 Å². The number of ketones is 1. The molecule has 90 valence electrons. The van der Waals surface area contributed by atoms with E-state index in [-0.39, 0.29) is 11.4 Å². The van der Waals surface area contributed by atoms with Crippen LogP contribution in [0.4, 0.5) is 5.82 Å². The Morgan fingerprint density at radius 1 is 1.47 bits per heavy atom. The molecule has 0 spiro atoms. The molecule has 0 aliphatic heterocycles. The van der Waals surface area contributed by atoms with Gasteiger partial charge in [-0.1, -0.05) is 0 Å². The summed E-state index contributed by atoms with van der Waals surface area (Å²) in [6.07, 6.45) is 1.13. The standard InChI is InChI=1S/C10H10N2O5/c1-6(13)9(10(14)17-2)7-3-4-8(11-5-7)12(15)16/h3-5,9H,1-2H3. The predicted molar refractivity (Wildman–Crippen MR) is 56.3 cm³/mol. The molecular weight excluding hydrogens is 228 g/mol. The lowest BCUT2D eigenvalue weighted by molar-refractivity contribution is -0.389. The highest BCUT2D eigenvalue weighted by molar-refractivity contribution is 6.03. The van der Waals surface area contributed by atoms with E-state index in [4.69, 9.17) is 0 Å². The fourth-order valence-corrected chi connectivity index (χ4v) is 1.33. The lowest BCUT2D eigenvalue weighted by Crippen LogP contribution is -2.21. The largest absolute Gasteiger partial charge is 0.468 e. The monoisotopic (exact) mass is 238 g/mol. The Hall–Kier alpha value is -2.31. The number of aromatic nitrogens is 1. The molecule has 0 N–H and O–H groups in total. The maximum atomic E-state index is 11.4. The van der Waals surface area contributed by atoms with E-state index in [1.165, 1.54) is 13.0 Å². The molecule has 0 saturated carbocycles. The molecule has 0 amide bonds. The summed E-state index contributed by atoms with van der Waals surface area (Å²) in [5.41, 5.74) is 0.273. The van der Waals surface area contributed by atoms with E-state index >= 15 is 0 Å². The summed E-state index contributed by atoms with van der Waals surface area (Å²) in [4.78, 5) is 35.9. The fraction of sp³-hybridized carbons (Fsp3) is 0.300. The van der Waals surface area contributed by atoms with Gasteiger partial charge in [0.15, 0.2) is 0 Å². The van der Waals surface area contributed by atoms with Crippen LogP contribution < -0.4 is 0 Å². The van der Waals surface area contributed by atoms with Crippen molar-refractivity contribution in [3.05, 3.63) is 34.0 Å². The van der Waals surface area contributed by atoms with Crippen molar-refractivity contribution in [3.8, 4) is 0 Å². The minimum absolute atomic E-state index is 0.273. The minimum Gasteiger partial charge on any atom is -0.468 e. The third-order valence-electron chi connectivity index (χ3n) is 2.13. The van der Waals surface area contributed by atoms with E-state index in [2.05, 4.69) is 9.72 Å². The topological polar surface area (TPSA) is 99.4 Å². The SMILES string of the molecule is COC(=O)C(C(C)=O)c1ccc([N+](=O)[O-])nc1. The number of Topliss-reactive ketones (excluding diaryl/α,β-unsaturated/α-hetero) is 1. The van der Waals surface area contributed by atoms with Gasteiger partial charge in [0.05, 0.1) is 7.11 Å². The zero-order valence-corrected chi connectivity index (χ0v) is 9.25. The molecule has 0 aliphatic carbocycles. The van der Waals surface area contributed by atoms with Crippen molar-refractivity contribution in [2.45, 2.75) is 12.8 Å². The van der Waals surface area contributed by atoms with Gasteiger partial charge < -0.3 is 14.9 Å². The van der Waals surface area contributed by atoms with E-state index in [0.717, 1.165) is 19.4 Å². The molecule has 0 radical (unpaired) electrons. The fourth-order valence-electron chi connectivity index (χ4n) is 1.33. The average Bonchev–Trinajstić information content (AvgIpc) is 2.29. The highest BCUT2D eigenvalue weighted by atomic mass is 16.6. The normalized spacial score (nSPS) is 11.6. The van der Waals surface area contributed by atoms with Gasteiger partial charge in [-0.25, -0.2) is 0 Å². The van der Waals surface area contributed by atoms with Gasteiger partial charge >= 0.3 is 11.8 Å². The summed E-state index contributed by atoms with van der Waals surface area (Å²) < 4.78 is 4.48. The molecule has 1 aromatic rings. The van der Waals surface area contributed by atoms with Crippen LogP contribution in [0, 0.1) is 10.1 Å². The van der Waals surface area contributed by atoms with Crippen molar-refractivity contribution in [3.63, 3.8) is 0 Å². The maximum Gasteiger partial charge on any atom is 0.363 e. The molecule has 0 aliphatic rings. The van der Waals surface area contributed by atoms with Gasteiger partial charge in [0.1, 0.15) is 17.9 Å². The van der Waals surface area contributed by atoms with Crippen LogP contribution in [0.3, 0.4) is 0 Å². The molecule has 7 heteroatoms. The Kier molecular flexibility index (Phi) is 3.86. The zero-order chi connectivity index (χ0) is 13.0. The molecule has 1 unspecified atom stereocenters. The van der Waals surface area contributed by atoms with Gasteiger partial charge in [0, 0.05) is 11.6 Å². The summed E-state index contributed by atoms with van der Waals surface area (Å²) in [5.74, 6) is -2.56.